The van der Waals surface area contributed by atoms with Crippen molar-refractivity contribution in [3.8, 4) is 17.2 Å². The molecule has 36 heavy (non-hydrogen) atoms. The van der Waals surface area contributed by atoms with E-state index in [0.717, 1.165) is 52.6 Å². The third kappa shape index (κ3) is 2.99. The maximum atomic E-state index is 13.8. The number of nitrogens with zero attached hydrogens (tertiary/aromatic N) is 4. The van der Waals surface area contributed by atoms with Gasteiger partial charge in [-0.15, -0.1) is 0 Å². The molecule has 0 unspecified atom stereocenters. The average molecular weight is 475 g/mol. The minimum absolute atomic E-state index is 0.120. The van der Waals surface area contributed by atoms with Gasteiger partial charge >= 0.3 is 0 Å². The van der Waals surface area contributed by atoms with Crippen LogP contribution in [0.15, 0.2) is 72.3 Å². The number of hydrogen-bond acceptors (Lipinski definition) is 6. The van der Waals surface area contributed by atoms with Gasteiger partial charge in [0.1, 0.15) is 0 Å². The molecule has 0 spiro atoms. The number of oxime groups is 1. The van der Waals surface area contributed by atoms with Gasteiger partial charge in [-0.3, -0.25) is 14.9 Å². The zero-order chi connectivity index (χ0) is 24.3. The lowest BCUT2D eigenvalue weighted by atomic mass is 9.71. The predicted molar refractivity (Wildman–Crippen MR) is 134 cm³/mol. The fourth-order valence-electron chi connectivity index (χ4n) is 6.41. The molecular formula is C28H22N6O2. The van der Waals surface area contributed by atoms with E-state index in [2.05, 4.69) is 31.7 Å². The van der Waals surface area contributed by atoms with Gasteiger partial charge in [0.15, 0.2) is 0 Å². The van der Waals surface area contributed by atoms with E-state index in [0.29, 0.717) is 17.2 Å². The van der Waals surface area contributed by atoms with Crippen molar-refractivity contribution in [1.29, 1.82) is 5.26 Å². The smallest absolute Gasteiger partial charge is 0.272 e. The molecule has 3 heterocycles. The fraction of sp³-hybridized carbons (Fsp3) is 0.250. The highest BCUT2D eigenvalue weighted by Gasteiger charge is 2.69. The number of aromatic nitrogens is 3. The van der Waals surface area contributed by atoms with Crippen LogP contribution in [0.1, 0.15) is 30.4 Å². The van der Waals surface area contributed by atoms with Gasteiger partial charge in [-0.2, -0.15) is 10.4 Å². The van der Waals surface area contributed by atoms with Gasteiger partial charge in [-0.25, -0.2) is 0 Å². The topological polar surface area (TPSA) is 116 Å². The number of pyridine rings is 1. The summed E-state index contributed by atoms with van der Waals surface area (Å²) >= 11 is 0. The monoisotopic (exact) mass is 474 g/mol. The molecule has 2 aromatic heterocycles. The van der Waals surface area contributed by atoms with Gasteiger partial charge in [0.2, 0.25) is 5.60 Å². The maximum Gasteiger partial charge on any atom is 0.272 e. The summed E-state index contributed by atoms with van der Waals surface area (Å²) in [4.78, 5) is 24.4. The summed E-state index contributed by atoms with van der Waals surface area (Å²) in [7, 11) is 0. The third-order valence-corrected chi connectivity index (χ3v) is 8.01. The Morgan fingerprint density at radius 2 is 2.00 bits per heavy atom. The number of amides is 1. The van der Waals surface area contributed by atoms with Crippen molar-refractivity contribution in [2.75, 3.05) is 5.32 Å². The molecule has 2 N–H and O–H groups in total. The molecule has 8 heteroatoms. The Hall–Kier alpha value is -4.51. The van der Waals surface area contributed by atoms with Gasteiger partial charge in [0.25, 0.3) is 5.91 Å². The van der Waals surface area contributed by atoms with Gasteiger partial charge < -0.3 is 10.2 Å². The van der Waals surface area contributed by atoms with E-state index in [1.807, 2.05) is 42.5 Å². The number of H-pyrrole nitrogens is 1. The van der Waals surface area contributed by atoms with Gasteiger partial charge in [-0.1, -0.05) is 17.3 Å². The normalized spacial score (nSPS) is 25.8. The summed E-state index contributed by atoms with van der Waals surface area (Å²) in [6, 6.07) is 17.4. The SMILES string of the molecule is N#Cc1cccc(-c2cncc(C3=NO[C@]4(C(=O)Nc5ccc6[nH]ncc6c5)[C@H]5CC[C@H](C5)[C@H]34)c2)c1. The first-order chi connectivity index (χ1) is 17.7. The summed E-state index contributed by atoms with van der Waals surface area (Å²) in [6.45, 7) is 0. The second kappa shape index (κ2) is 7.75. The van der Waals surface area contributed by atoms with E-state index >= 15 is 0 Å². The van der Waals surface area contributed by atoms with Gasteiger partial charge in [0.05, 0.1) is 35.0 Å². The van der Waals surface area contributed by atoms with Crippen molar-refractivity contribution < 1.29 is 9.63 Å². The molecule has 2 aliphatic carbocycles. The molecule has 2 aromatic carbocycles. The molecule has 7 rings (SSSR count). The molecule has 0 radical (unpaired) electrons. The third-order valence-electron chi connectivity index (χ3n) is 8.01. The molecule has 4 aromatic rings. The lowest BCUT2D eigenvalue weighted by Crippen LogP contribution is -2.53. The number of anilines is 1. The van der Waals surface area contributed by atoms with E-state index in [-0.39, 0.29) is 17.7 Å². The average Bonchev–Trinajstić information content (AvgIpc) is 3.70. The number of rotatable bonds is 4. The molecule has 2 fully saturated rings. The highest BCUT2D eigenvalue weighted by Crippen LogP contribution is 2.60. The van der Waals surface area contributed by atoms with Crippen molar-refractivity contribution in [3.63, 3.8) is 0 Å². The van der Waals surface area contributed by atoms with E-state index < -0.39 is 5.60 Å². The summed E-state index contributed by atoms with van der Waals surface area (Å²) in [5.74, 6) is 0.183. The standard InChI is InChI=1S/C28H22N6O2/c29-12-16-2-1-3-17(8-16)19-9-21(14-30-13-19)26-25-18-4-5-22(10-18)28(25,36-34-26)27(35)32-23-6-7-24-20(11-23)15-31-33-24/h1-3,6-9,11,13-15,18,22,25H,4-5,10H2,(H,31,33)(H,32,35)/t18-,22+,25-,28-/m1/s1. The molecular weight excluding hydrogens is 452 g/mol. The van der Waals surface area contributed by atoms with Gasteiger partial charge in [0, 0.05) is 40.5 Å². The highest BCUT2D eigenvalue weighted by atomic mass is 16.7. The summed E-state index contributed by atoms with van der Waals surface area (Å²) < 4.78 is 0. The number of nitrogens with one attached hydrogen (secondary N) is 2. The first-order valence-electron chi connectivity index (χ1n) is 12.1. The summed E-state index contributed by atoms with van der Waals surface area (Å²) in [5, 5.41) is 24.8. The van der Waals surface area contributed by atoms with Crippen LogP contribution in [0.2, 0.25) is 0 Å². The van der Waals surface area contributed by atoms with Crippen LogP contribution >= 0.6 is 0 Å². The molecule has 4 atom stereocenters. The number of hydrogen-bond donors (Lipinski definition) is 2. The Morgan fingerprint density at radius 3 is 2.92 bits per heavy atom. The molecule has 8 nitrogen and oxygen atoms in total. The van der Waals surface area contributed by atoms with Crippen molar-refractivity contribution >= 4 is 28.2 Å². The Balaban J connectivity index is 1.22. The van der Waals surface area contributed by atoms with Crippen molar-refractivity contribution in [1.82, 2.24) is 15.2 Å². The van der Waals surface area contributed by atoms with Crippen LogP contribution in [0.25, 0.3) is 22.0 Å². The van der Waals surface area contributed by atoms with E-state index in [4.69, 9.17) is 4.84 Å². The highest BCUT2D eigenvalue weighted by molar-refractivity contribution is 6.11. The Morgan fingerprint density at radius 1 is 1.08 bits per heavy atom. The first kappa shape index (κ1) is 20.8. The quantitative estimate of drug-likeness (QED) is 0.446. The number of carbonyl (C=O) groups excluding carboxylic acids is 1. The molecule has 1 aliphatic heterocycles. The van der Waals surface area contributed by atoms with Crippen LogP contribution in [0.5, 0.6) is 0 Å². The van der Waals surface area contributed by atoms with Crippen LogP contribution in [0, 0.1) is 29.1 Å². The Bertz CT molecular complexity index is 1600. The molecule has 176 valence electrons. The van der Waals surface area contributed by atoms with Gasteiger partial charge in [-0.05, 0) is 67.1 Å². The van der Waals surface area contributed by atoms with Crippen LogP contribution in [0.3, 0.4) is 0 Å². The van der Waals surface area contributed by atoms with Crippen molar-refractivity contribution in [3.05, 3.63) is 78.2 Å². The molecule has 3 aliphatic rings. The minimum atomic E-state index is -1.01. The molecule has 2 bridgehead atoms. The van der Waals surface area contributed by atoms with Crippen molar-refractivity contribution in [2.24, 2.45) is 22.9 Å². The van der Waals surface area contributed by atoms with Crippen LogP contribution in [-0.4, -0.2) is 32.4 Å². The summed E-state index contributed by atoms with van der Waals surface area (Å²) in [5.41, 5.74) is 4.65. The second-order valence-corrected chi connectivity index (χ2v) is 9.89. The molecule has 0 saturated heterocycles. The number of aromatic amines is 1. The zero-order valence-electron chi connectivity index (χ0n) is 19.3. The largest absolute Gasteiger partial charge is 0.378 e. The van der Waals surface area contributed by atoms with Crippen LogP contribution in [0.4, 0.5) is 5.69 Å². The number of benzene rings is 2. The fourth-order valence-corrected chi connectivity index (χ4v) is 6.41. The van der Waals surface area contributed by atoms with Crippen LogP contribution < -0.4 is 5.32 Å². The molecule has 2 saturated carbocycles. The second-order valence-electron chi connectivity index (χ2n) is 9.89. The number of fused-ring (bicyclic) bond motifs is 6. The Kier molecular flexibility index (Phi) is 4.48. The zero-order valence-corrected chi connectivity index (χ0v) is 19.3. The minimum Gasteiger partial charge on any atom is -0.378 e. The summed E-state index contributed by atoms with van der Waals surface area (Å²) in [6.07, 6.45) is 8.27. The van der Waals surface area contributed by atoms with Crippen LogP contribution in [-0.2, 0) is 9.63 Å². The molecule has 1 amide bonds. The van der Waals surface area contributed by atoms with E-state index in [9.17, 15) is 10.1 Å². The number of nitriles is 1. The van der Waals surface area contributed by atoms with E-state index in [1.165, 1.54) is 0 Å². The first-order valence-corrected chi connectivity index (χ1v) is 12.1. The van der Waals surface area contributed by atoms with E-state index in [1.54, 1.807) is 24.7 Å². The maximum absolute atomic E-state index is 13.8. The lowest BCUT2D eigenvalue weighted by molar-refractivity contribution is -0.149. The lowest BCUT2D eigenvalue weighted by Gasteiger charge is -2.35. The Labute approximate surface area is 207 Å². The van der Waals surface area contributed by atoms with Crippen molar-refractivity contribution in [2.45, 2.75) is 24.9 Å². The predicted octanol–water partition coefficient (Wildman–Crippen LogP) is 4.65. The number of carbonyl (C=O) groups is 1.